The lowest BCUT2D eigenvalue weighted by Gasteiger charge is -2.18. The van der Waals surface area contributed by atoms with Crippen molar-refractivity contribution in [1.82, 2.24) is 20.5 Å². The van der Waals surface area contributed by atoms with Crippen LogP contribution in [0, 0.1) is 6.92 Å². The lowest BCUT2D eigenvalue weighted by atomic mass is 10.1. The summed E-state index contributed by atoms with van der Waals surface area (Å²) in [6.07, 6.45) is 0. The highest BCUT2D eigenvalue weighted by Gasteiger charge is 2.15. The lowest BCUT2D eigenvalue weighted by molar-refractivity contribution is 0.249. The zero-order valence-corrected chi connectivity index (χ0v) is 16.2. The summed E-state index contributed by atoms with van der Waals surface area (Å²) in [5, 5.41) is 12.7. The highest BCUT2D eigenvalue weighted by molar-refractivity contribution is 5.90. The molecule has 3 rings (SSSR count). The van der Waals surface area contributed by atoms with Gasteiger partial charge in [-0.1, -0.05) is 12.1 Å². The van der Waals surface area contributed by atoms with Crippen molar-refractivity contribution in [3.63, 3.8) is 0 Å². The smallest absolute Gasteiger partial charge is 0.319 e. The van der Waals surface area contributed by atoms with Crippen LogP contribution < -0.4 is 20.1 Å². The SMILES string of the molecule is COc1ccc([C@H](C)NC(=O)Nc2cccc(-c3n[nH]c(C)n3)c2)c(OC)c1. The number of hydrogen-bond acceptors (Lipinski definition) is 5. The van der Waals surface area contributed by atoms with Crippen molar-refractivity contribution in [1.29, 1.82) is 0 Å². The molecule has 0 bridgehead atoms. The highest BCUT2D eigenvalue weighted by Crippen LogP contribution is 2.29. The number of aromatic amines is 1. The molecule has 2 amide bonds. The van der Waals surface area contributed by atoms with Gasteiger partial charge in [0.15, 0.2) is 5.82 Å². The van der Waals surface area contributed by atoms with Gasteiger partial charge in [-0.2, -0.15) is 5.10 Å². The molecule has 0 saturated carbocycles. The Balaban J connectivity index is 1.69. The number of anilines is 1. The molecular weight excluding hydrogens is 358 g/mol. The van der Waals surface area contributed by atoms with Crippen LogP contribution in [-0.4, -0.2) is 35.4 Å². The average Bonchev–Trinajstić information content (AvgIpc) is 3.13. The van der Waals surface area contributed by atoms with Crippen molar-refractivity contribution in [3.8, 4) is 22.9 Å². The third-order valence-electron chi connectivity index (χ3n) is 4.23. The Morgan fingerprint density at radius 2 is 1.96 bits per heavy atom. The summed E-state index contributed by atoms with van der Waals surface area (Å²) < 4.78 is 10.6. The molecule has 2 aromatic carbocycles. The van der Waals surface area contributed by atoms with E-state index in [-0.39, 0.29) is 12.1 Å². The number of nitrogens with zero attached hydrogens (tertiary/aromatic N) is 2. The molecule has 0 fully saturated rings. The molecule has 3 N–H and O–H groups in total. The van der Waals surface area contributed by atoms with Gasteiger partial charge in [-0.3, -0.25) is 5.10 Å². The molecule has 8 nitrogen and oxygen atoms in total. The van der Waals surface area contributed by atoms with Crippen molar-refractivity contribution >= 4 is 11.7 Å². The van der Waals surface area contributed by atoms with E-state index in [0.717, 1.165) is 17.0 Å². The van der Waals surface area contributed by atoms with E-state index < -0.39 is 0 Å². The van der Waals surface area contributed by atoms with Crippen LogP contribution >= 0.6 is 0 Å². The van der Waals surface area contributed by atoms with Gasteiger partial charge in [-0.25, -0.2) is 9.78 Å². The largest absolute Gasteiger partial charge is 0.497 e. The van der Waals surface area contributed by atoms with Gasteiger partial charge in [0.25, 0.3) is 0 Å². The summed E-state index contributed by atoms with van der Waals surface area (Å²) >= 11 is 0. The molecule has 0 saturated heterocycles. The molecule has 28 heavy (non-hydrogen) atoms. The monoisotopic (exact) mass is 381 g/mol. The van der Waals surface area contributed by atoms with Gasteiger partial charge in [-0.05, 0) is 38.1 Å². The molecule has 1 heterocycles. The Morgan fingerprint density at radius 3 is 2.64 bits per heavy atom. The number of methoxy groups -OCH3 is 2. The Bertz CT molecular complexity index is 970. The third kappa shape index (κ3) is 4.40. The molecule has 146 valence electrons. The van der Waals surface area contributed by atoms with Gasteiger partial charge < -0.3 is 20.1 Å². The van der Waals surface area contributed by atoms with Crippen LogP contribution in [0.1, 0.15) is 24.4 Å². The van der Waals surface area contributed by atoms with Crippen LogP contribution in [-0.2, 0) is 0 Å². The predicted octanol–water partition coefficient (Wildman–Crippen LogP) is 3.68. The van der Waals surface area contributed by atoms with Gasteiger partial charge in [0.2, 0.25) is 0 Å². The van der Waals surface area contributed by atoms with Crippen molar-refractivity contribution in [2.45, 2.75) is 19.9 Å². The molecule has 0 aliphatic heterocycles. The maximum atomic E-state index is 12.4. The number of ether oxygens (including phenoxy) is 2. The molecule has 0 aliphatic rings. The molecule has 0 unspecified atom stereocenters. The molecule has 1 atom stereocenters. The molecule has 0 aliphatic carbocycles. The predicted molar refractivity (Wildman–Crippen MR) is 107 cm³/mol. The van der Waals surface area contributed by atoms with E-state index in [1.807, 2.05) is 44.2 Å². The number of H-pyrrole nitrogens is 1. The minimum Gasteiger partial charge on any atom is -0.497 e. The van der Waals surface area contributed by atoms with Crippen LogP contribution in [0.5, 0.6) is 11.5 Å². The Morgan fingerprint density at radius 1 is 1.14 bits per heavy atom. The Labute approximate surface area is 163 Å². The summed E-state index contributed by atoms with van der Waals surface area (Å²) in [5.74, 6) is 2.65. The molecule has 3 aromatic rings. The van der Waals surface area contributed by atoms with E-state index in [4.69, 9.17) is 9.47 Å². The molecular formula is C20H23N5O3. The van der Waals surface area contributed by atoms with Crippen LogP contribution in [0.3, 0.4) is 0 Å². The van der Waals surface area contributed by atoms with E-state index >= 15 is 0 Å². The Hall–Kier alpha value is -3.55. The summed E-state index contributed by atoms with van der Waals surface area (Å²) in [4.78, 5) is 16.7. The number of carbonyl (C=O) groups excluding carboxylic acids is 1. The Kier molecular flexibility index (Phi) is 5.78. The summed E-state index contributed by atoms with van der Waals surface area (Å²) in [7, 11) is 3.18. The molecule has 0 spiro atoms. The maximum absolute atomic E-state index is 12.4. The minimum atomic E-state index is -0.325. The average molecular weight is 381 g/mol. The fourth-order valence-electron chi connectivity index (χ4n) is 2.83. The highest BCUT2D eigenvalue weighted by atomic mass is 16.5. The van der Waals surface area contributed by atoms with E-state index in [9.17, 15) is 4.79 Å². The quantitative estimate of drug-likeness (QED) is 0.605. The fraction of sp³-hybridized carbons (Fsp3) is 0.250. The van der Waals surface area contributed by atoms with Crippen LogP contribution in [0.2, 0.25) is 0 Å². The topological polar surface area (TPSA) is 101 Å². The summed E-state index contributed by atoms with van der Waals surface area (Å²) in [5.41, 5.74) is 2.31. The first kappa shape index (κ1) is 19.2. The van der Waals surface area contributed by atoms with E-state index in [0.29, 0.717) is 23.0 Å². The maximum Gasteiger partial charge on any atom is 0.319 e. The molecule has 8 heteroatoms. The molecule has 0 radical (unpaired) electrons. The van der Waals surface area contributed by atoms with Crippen LogP contribution in [0.15, 0.2) is 42.5 Å². The van der Waals surface area contributed by atoms with Crippen molar-refractivity contribution < 1.29 is 14.3 Å². The standard InChI is InChI=1S/C20H23N5O3/c1-12(17-9-8-16(27-3)11-18(17)28-4)21-20(26)23-15-7-5-6-14(10-15)19-22-13(2)24-25-19/h5-12H,1-4H3,(H2,21,23,26)(H,22,24,25)/t12-/m0/s1. The number of benzene rings is 2. The minimum absolute atomic E-state index is 0.264. The number of aromatic nitrogens is 3. The number of amides is 2. The first-order valence-electron chi connectivity index (χ1n) is 8.79. The van der Waals surface area contributed by atoms with Gasteiger partial charge in [0.05, 0.1) is 20.3 Å². The van der Waals surface area contributed by atoms with Gasteiger partial charge >= 0.3 is 6.03 Å². The zero-order valence-electron chi connectivity index (χ0n) is 16.2. The number of nitrogens with one attached hydrogen (secondary N) is 3. The van der Waals surface area contributed by atoms with Crippen molar-refractivity contribution in [2.24, 2.45) is 0 Å². The van der Waals surface area contributed by atoms with Gasteiger partial charge in [0.1, 0.15) is 17.3 Å². The van der Waals surface area contributed by atoms with E-state index in [2.05, 4.69) is 25.8 Å². The van der Waals surface area contributed by atoms with Gasteiger partial charge in [0, 0.05) is 22.9 Å². The second-order valence-corrected chi connectivity index (χ2v) is 6.25. The summed E-state index contributed by atoms with van der Waals surface area (Å²) in [6.45, 7) is 3.72. The first-order valence-corrected chi connectivity index (χ1v) is 8.79. The van der Waals surface area contributed by atoms with E-state index in [1.165, 1.54) is 0 Å². The lowest BCUT2D eigenvalue weighted by Crippen LogP contribution is -2.31. The number of rotatable bonds is 6. The van der Waals surface area contributed by atoms with Crippen molar-refractivity contribution in [2.75, 3.05) is 19.5 Å². The second kappa shape index (κ2) is 8.43. The van der Waals surface area contributed by atoms with Crippen LogP contribution in [0.4, 0.5) is 10.5 Å². The number of urea groups is 1. The van der Waals surface area contributed by atoms with Crippen LogP contribution in [0.25, 0.3) is 11.4 Å². The molecule has 1 aromatic heterocycles. The third-order valence-corrected chi connectivity index (χ3v) is 4.23. The first-order chi connectivity index (χ1) is 13.5. The van der Waals surface area contributed by atoms with E-state index in [1.54, 1.807) is 26.4 Å². The number of aryl methyl sites for hydroxylation is 1. The fourth-order valence-corrected chi connectivity index (χ4v) is 2.83. The summed E-state index contributed by atoms with van der Waals surface area (Å²) in [6, 6.07) is 12.2. The normalized spacial score (nSPS) is 11.6. The number of carbonyl (C=O) groups is 1. The van der Waals surface area contributed by atoms with Crippen molar-refractivity contribution in [3.05, 3.63) is 53.9 Å². The van der Waals surface area contributed by atoms with Gasteiger partial charge in [-0.15, -0.1) is 0 Å². The zero-order chi connectivity index (χ0) is 20.1. The second-order valence-electron chi connectivity index (χ2n) is 6.25. The number of hydrogen-bond donors (Lipinski definition) is 3.